The molecule has 0 aliphatic carbocycles. The zero-order chi connectivity index (χ0) is 18.6. The molecule has 0 aromatic heterocycles. The second-order valence-electron chi connectivity index (χ2n) is 6.15. The summed E-state index contributed by atoms with van der Waals surface area (Å²) in [4.78, 5) is 24.5. The van der Waals surface area contributed by atoms with Gasteiger partial charge in [0.25, 0.3) is 0 Å². The Kier molecular flexibility index (Phi) is 6.18. The lowest BCUT2D eigenvalue weighted by molar-refractivity contribution is -0.120. The highest BCUT2D eigenvalue weighted by Gasteiger charge is 2.30. The van der Waals surface area contributed by atoms with Gasteiger partial charge in [-0.25, -0.2) is 17.5 Å². The highest BCUT2D eigenvalue weighted by atomic mass is 32.2. The van der Waals surface area contributed by atoms with Gasteiger partial charge in [0.15, 0.2) is 0 Å². The molecule has 1 amide bonds. The molecule has 0 saturated carbocycles. The summed E-state index contributed by atoms with van der Waals surface area (Å²) in [5.74, 6) is -1.08. The molecule has 1 aromatic carbocycles. The molecule has 1 N–H and O–H groups in total. The number of carbonyl (C=O) groups excluding carboxylic acids is 2. The van der Waals surface area contributed by atoms with Crippen LogP contribution >= 0.6 is 0 Å². The van der Waals surface area contributed by atoms with Gasteiger partial charge in [0.2, 0.25) is 15.9 Å². The number of hydrogen-bond acceptors (Lipinski definition) is 5. The third-order valence-corrected chi connectivity index (χ3v) is 5.58. The van der Waals surface area contributed by atoms with Crippen LogP contribution in [0.4, 0.5) is 5.69 Å². The number of amides is 1. The Morgan fingerprint density at radius 3 is 2.72 bits per heavy atom. The van der Waals surface area contributed by atoms with E-state index in [0.29, 0.717) is 36.2 Å². The molecular formula is C17H24N2O5S. The smallest absolute Gasteiger partial charge is 0.338 e. The Balaban J connectivity index is 2.13. The van der Waals surface area contributed by atoms with Crippen molar-refractivity contribution in [2.75, 3.05) is 31.3 Å². The van der Waals surface area contributed by atoms with E-state index in [1.165, 1.54) is 4.31 Å². The molecule has 8 heteroatoms. The number of hydrogen-bond donors (Lipinski definition) is 1. The number of rotatable bonds is 5. The van der Waals surface area contributed by atoms with Crippen molar-refractivity contribution in [2.45, 2.75) is 26.7 Å². The number of nitrogens with one attached hydrogen (secondary N) is 1. The number of esters is 1. The standard InChI is InChI=1S/C17H24N2O5S/c1-4-24-17(21)14-8-5-9-15(12(14)2)18-16(20)13-7-6-10-19(11-13)25(3,22)23/h5,8-9,13H,4,6-7,10-11H2,1-3H3,(H,18,20). The van der Waals surface area contributed by atoms with E-state index < -0.39 is 21.9 Å². The van der Waals surface area contributed by atoms with E-state index in [-0.39, 0.29) is 19.1 Å². The molecular weight excluding hydrogens is 344 g/mol. The van der Waals surface area contributed by atoms with Crippen LogP contribution in [0.5, 0.6) is 0 Å². The summed E-state index contributed by atoms with van der Waals surface area (Å²) < 4.78 is 29.7. The van der Waals surface area contributed by atoms with Gasteiger partial charge in [-0.05, 0) is 44.4 Å². The molecule has 1 saturated heterocycles. The minimum Gasteiger partial charge on any atom is -0.462 e. The monoisotopic (exact) mass is 368 g/mol. The predicted molar refractivity (Wildman–Crippen MR) is 94.9 cm³/mol. The Morgan fingerprint density at radius 2 is 2.08 bits per heavy atom. The SMILES string of the molecule is CCOC(=O)c1cccc(NC(=O)C2CCCN(S(C)(=O)=O)C2)c1C. The summed E-state index contributed by atoms with van der Waals surface area (Å²) in [5.41, 5.74) is 1.57. The van der Waals surface area contributed by atoms with E-state index in [0.717, 1.165) is 6.26 Å². The van der Waals surface area contributed by atoms with E-state index >= 15 is 0 Å². The van der Waals surface area contributed by atoms with E-state index in [2.05, 4.69) is 5.32 Å². The van der Waals surface area contributed by atoms with Gasteiger partial charge in [-0.3, -0.25) is 4.79 Å². The van der Waals surface area contributed by atoms with E-state index in [1.807, 2.05) is 0 Å². The number of carbonyl (C=O) groups is 2. The molecule has 1 aliphatic heterocycles. The molecule has 1 unspecified atom stereocenters. The molecule has 0 bridgehead atoms. The number of nitrogens with zero attached hydrogens (tertiary/aromatic N) is 1. The van der Waals surface area contributed by atoms with Crippen molar-refractivity contribution in [2.24, 2.45) is 5.92 Å². The molecule has 0 radical (unpaired) electrons. The minimum absolute atomic E-state index is 0.182. The van der Waals surface area contributed by atoms with Crippen molar-refractivity contribution in [3.8, 4) is 0 Å². The summed E-state index contributed by atoms with van der Waals surface area (Å²) in [6.07, 6.45) is 2.43. The lowest BCUT2D eigenvalue weighted by Crippen LogP contribution is -2.43. The normalized spacial score (nSPS) is 18.6. The van der Waals surface area contributed by atoms with Crippen LogP contribution in [-0.4, -0.2) is 50.6 Å². The van der Waals surface area contributed by atoms with Gasteiger partial charge >= 0.3 is 5.97 Å². The summed E-state index contributed by atoms with van der Waals surface area (Å²) >= 11 is 0. The Hall–Kier alpha value is -1.93. The first-order valence-corrected chi connectivity index (χ1v) is 10.1. The third kappa shape index (κ3) is 4.79. The highest BCUT2D eigenvalue weighted by Crippen LogP contribution is 2.24. The van der Waals surface area contributed by atoms with Gasteiger partial charge < -0.3 is 10.1 Å². The molecule has 0 spiro atoms. The first kappa shape index (κ1) is 19.4. The third-order valence-electron chi connectivity index (χ3n) is 4.31. The maximum Gasteiger partial charge on any atom is 0.338 e. The minimum atomic E-state index is -3.31. The van der Waals surface area contributed by atoms with Gasteiger partial charge in [-0.1, -0.05) is 6.07 Å². The summed E-state index contributed by atoms with van der Waals surface area (Å²) in [5, 5.41) is 2.82. The largest absolute Gasteiger partial charge is 0.462 e. The molecule has 25 heavy (non-hydrogen) atoms. The quantitative estimate of drug-likeness (QED) is 0.800. The fourth-order valence-corrected chi connectivity index (χ4v) is 3.80. The lowest BCUT2D eigenvalue weighted by Gasteiger charge is -2.30. The van der Waals surface area contributed by atoms with Crippen LogP contribution in [0.1, 0.15) is 35.7 Å². The highest BCUT2D eigenvalue weighted by molar-refractivity contribution is 7.88. The average molecular weight is 368 g/mol. The summed E-state index contributed by atoms with van der Waals surface area (Å²) in [6, 6.07) is 5.04. The van der Waals surface area contributed by atoms with Crippen LogP contribution in [0.25, 0.3) is 0 Å². The van der Waals surface area contributed by atoms with Gasteiger partial charge in [-0.15, -0.1) is 0 Å². The predicted octanol–water partition coefficient (Wildman–Crippen LogP) is 1.78. The van der Waals surface area contributed by atoms with Gasteiger partial charge in [0.1, 0.15) is 0 Å². The van der Waals surface area contributed by atoms with E-state index in [4.69, 9.17) is 4.74 Å². The molecule has 1 aliphatic rings. The van der Waals surface area contributed by atoms with Crippen molar-refractivity contribution in [3.63, 3.8) is 0 Å². The van der Waals surface area contributed by atoms with E-state index in [9.17, 15) is 18.0 Å². The average Bonchev–Trinajstić information content (AvgIpc) is 2.56. The molecule has 2 rings (SSSR count). The van der Waals surface area contributed by atoms with Crippen LogP contribution in [0, 0.1) is 12.8 Å². The van der Waals surface area contributed by atoms with Crippen LogP contribution in [0.15, 0.2) is 18.2 Å². The fraction of sp³-hybridized carbons (Fsp3) is 0.529. The van der Waals surface area contributed by atoms with Crippen molar-refractivity contribution < 1.29 is 22.7 Å². The topological polar surface area (TPSA) is 92.8 Å². The van der Waals surface area contributed by atoms with Crippen LogP contribution < -0.4 is 5.32 Å². The number of piperidine rings is 1. The number of sulfonamides is 1. The van der Waals surface area contributed by atoms with Crippen molar-refractivity contribution in [1.29, 1.82) is 0 Å². The number of benzene rings is 1. The maximum absolute atomic E-state index is 12.6. The first-order chi connectivity index (χ1) is 11.7. The fourth-order valence-electron chi connectivity index (χ4n) is 2.89. The Morgan fingerprint density at radius 1 is 1.36 bits per heavy atom. The van der Waals surface area contributed by atoms with Crippen molar-refractivity contribution in [3.05, 3.63) is 29.3 Å². The molecule has 1 heterocycles. The van der Waals surface area contributed by atoms with Gasteiger partial charge in [0, 0.05) is 18.8 Å². The second-order valence-corrected chi connectivity index (χ2v) is 8.13. The zero-order valence-electron chi connectivity index (χ0n) is 14.7. The van der Waals surface area contributed by atoms with Crippen LogP contribution in [0.2, 0.25) is 0 Å². The van der Waals surface area contributed by atoms with Gasteiger partial charge in [0.05, 0.1) is 24.3 Å². The Bertz CT molecular complexity index is 760. The maximum atomic E-state index is 12.6. The van der Waals surface area contributed by atoms with Gasteiger partial charge in [-0.2, -0.15) is 0 Å². The molecule has 138 valence electrons. The lowest BCUT2D eigenvalue weighted by atomic mass is 9.98. The number of ether oxygens (including phenoxy) is 1. The molecule has 1 atom stereocenters. The Labute approximate surface area is 148 Å². The van der Waals surface area contributed by atoms with Crippen molar-refractivity contribution in [1.82, 2.24) is 4.31 Å². The molecule has 7 nitrogen and oxygen atoms in total. The van der Waals surface area contributed by atoms with Crippen LogP contribution in [-0.2, 0) is 19.6 Å². The first-order valence-electron chi connectivity index (χ1n) is 8.26. The molecule has 1 fully saturated rings. The van der Waals surface area contributed by atoms with Crippen molar-refractivity contribution >= 4 is 27.6 Å². The zero-order valence-corrected chi connectivity index (χ0v) is 15.6. The van der Waals surface area contributed by atoms with E-state index in [1.54, 1.807) is 32.0 Å². The number of anilines is 1. The molecule has 1 aromatic rings. The second kappa shape index (κ2) is 7.97. The summed E-state index contributed by atoms with van der Waals surface area (Å²) in [6.45, 7) is 4.38. The van der Waals surface area contributed by atoms with Crippen LogP contribution in [0.3, 0.4) is 0 Å². The summed E-state index contributed by atoms with van der Waals surface area (Å²) in [7, 11) is -3.31.